The standard InChI is InChI=1S/C12H16N4O2S/c1-9(2)8-11-14-15-12(19(13,17)18)16(11)10-6-4-3-5-7-10/h3-7,9H,8H2,1-2H3,(H2,13,17,18). The number of benzene rings is 1. The Morgan fingerprint density at radius 3 is 2.37 bits per heavy atom. The lowest BCUT2D eigenvalue weighted by molar-refractivity contribution is 0.579. The van der Waals surface area contributed by atoms with Crippen LogP contribution < -0.4 is 5.14 Å². The second kappa shape index (κ2) is 5.10. The van der Waals surface area contributed by atoms with Gasteiger partial charge in [-0.15, -0.1) is 10.2 Å². The Bertz CT molecular complexity index is 662. The highest BCUT2D eigenvalue weighted by atomic mass is 32.2. The molecular formula is C12H16N4O2S. The van der Waals surface area contributed by atoms with E-state index >= 15 is 0 Å². The number of nitrogens with two attached hydrogens (primary N) is 1. The third kappa shape index (κ3) is 2.99. The van der Waals surface area contributed by atoms with Crippen LogP contribution in [0.4, 0.5) is 0 Å². The number of para-hydroxylation sites is 1. The number of hydrogen-bond acceptors (Lipinski definition) is 4. The van der Waals surface area contributed by atoms with Crippen LogP contribution in [0.1, 0.15) is 19.7 Å². The van der Waals surface area contributed by atoms with Gasteiger partial charge in [-0.1, -0.05) is 32.0 Å². The minimum atomic E-state index is -3.91. The molecular weight excluding hydrogens is 264 g/mol. The minimum Gasteiger partial charge on any atom is -0.269 e. The number of rotatable bonds is 4. The predicted molar refractivity (Wildman–Crippen MR) is 71.3 cm³/mol. The van der Waals surface area contributed by atoms with E-state index in [-0.39, 0.29) is 5.16 Å². The first-order valence-electron chi connectivity index (χ1n) is 5.92. The van der Waals surface area contributed by atoms with Crippen molar-refractivity contribution in [3.8, 4) is 5.69 Å². The number of primary sulfonamides is 1. The van der Waals surface area contributed by atoms with Crippen LogP contribution in [0.3, 0.4) is 0 Å². The summed E-state index contributed by atoms with van der Waals surface area (Å²) < 4.78 is 24.7. The number of sulfonamides is 1. The summed E-state index contributed by atoms with van der Waals surface area (Å²) in [5.74, 6) is 0.921. The summed E-state index contributed by atoms with van der Waals surface area (Å²) in [5.41, 5.74) is 0.687. The second-order valence-corrected chi connectivity index (χ2v) is 6.17. The van der Waals surface area contributed by atoms with Crippen LogP contribution in [-0.4, -0.2) is 23.2 Å². The molecule has 19 heavy (non-hydrogen) atoms. The first kappa shape index (κ1) is 13.7. The molecule has 1 aromatic heterocycles. The number of nitrogens with zero attached hydrogens (tertiary/aromatic N) is 3. The smallest absolute Gasteiger partial charge is 0.269 e. The van der Waals surface area contributed by atoms with E-state index in [1.807, 2.05) is 32.0 Å². The second-order valence-electron chi connectivity index (χ2n) is 4.71. The molecule has 102 valence electrons. The summed E-state index contributed by atoms with van der Waals surface area (Å²) in [5, 5.41) is 12.6. The molecule has 0 radical (unpaired) electrons. The molecule has 0 unspecified atom stereocenters. The number of hydrogen-bond donors (Lipinski definition) is 1. The highest BCUT2D eigenvalue weighted by Crippen LogP contribution is 2.18. The van der Waals surface area contributed by atoms with Crippen LogP contribution in [-0.2, 0) is 16.4 Å². The summed E-state index contributed by atoms with van der Waals surface area (Å²) in [6.45, 7) is 4.06. The van der Waals surface area contributed by atoms with Gasteiger partial charge in [0.25, 0.3) is 15.2 Å². The third-order valence-corrected chi connectivity index (χ3v) is 3.33. The van der Waals surface area contributed by atoms with E-state index in [9.17, 15) is 8.42 Å². The minimum absolute atomic E-state index is 0.227. The molecule has 0 atom stereocenters. The van der Waals surface area contributed by atoms with Gasteiger partial charge in [-0.3, -0.25) is 4.57 Å². The molecule has 1 heterocycles. The molecule has 0 fully saturated rings. The summed E-state index contributed by atoms with van der Waals surface area (Å²) in [6, 6.07) is 9.08. The average Bonchev–Trinajstić information content (AvgIpc) is 2.72. The van der Waals surface area contributed by atoms with Crippen LogP contribution in [0.15, 0.2) is 35.5 Å². The van der Waals surface area contributed by atoms with Gasteiger partial charge >= 0.3 is 0 Å². The Labute approximate surface area is 112 Å². The Morgan fingerprint density at radius 1 is 1.21 bits per heavy atom. The summed E-state index contributed by atoms with van der Waals surface area (Å²) in [7, 11) is -3.91. The lowest BCUT2D eigenvalue weighted by Crippen LogP contribution is -2.19. The zero-order valence-corrected chi connectivity index (χ0v) is 11.6. The zero-order chi connectivity index (χ0) is 14.0. The van der Waals surface area contributed by atoms with Gasteiger partial charge in [0.1, 0.15) is 5.82 Å². The van der Waals surface area contributed by atoms with Crippen molar-refractivity contribution in [1.29, 1.82) is 0 Å². The molecule has 0 amide bonds. The SMILES string of the molecule is CC(C)Cc1nnc(S(N)(=O)=O)n1-c1ccccc1. The van der Waals surface area contributed by atoms with Gasteiger partial charge in [0.2, 0.25) is 0 Å². The topological polar surface area (TPSA) is 90.9 Å². The van der Waals surface area contributed by atoms with Gasteiger partial charge in [-0.2, -0.15) is 0 Å². The molecule has 6 nitrogen and oxygen atoms in total. The molecule has 0 bridgehead atoms. The van der Waals surface area contributed by atoms with Gasteiger partial charge in [0.05, 0.1) is 0 Å². The Morgan fingerprint density at radius 2 is 1.84 bits per heavy atom. The highest BCUT2D eigenvalue weighted by Gasteiger charge is 2.22. The van der Waals surface area contributed by atoms with Crippen molar-refractivity contribution in [3.05, 3.63) is 36.2 Å². The third-order valence-electron chi connectivity index (χ3n) is 2.56. The summed E-state index contributed by atoms with van der Waals surface area (Å²) in [4.78, 5) is 0. The molecule has 0 saturated heterocycles. The van der Waals surface area contributed by atoms with Crippen molar-refractivity contribution < 1.29 is 8.42 Å². The maximum Gasteiger partial charge on any atom is 0.274 e. The van der Waals surface area contributed by atoms with Crippen LogP contribution in [0.25, 0.3) is 5.69 Å². The Kier molecular flexibility index (Phi) is 3.68. The normalized spacial score (nSPS) is 12.0. The van der Waals surface area contributed by atoms with Gasteiger partial charge < -0.3 is 0 Å². The van der Waals surface area contributed by atoms with Crippen molar-refractivity contribution in [2.75, 3.05) is 0 Å². The first-order valence-corrected chi connectivity index (χ1v) is 7.46. The van der Waals surface area contributed by atoms with Gasteiger partial charge in [0, 0.05) is 12.1 Å². The lowest BCUT2D eigenvalue weighted by atomic mass is 10.1. The van der Waals surface area contributed by atoms with Crippen LogP contribution in [0.5, 0.6) is 0 Å². The quantitative estimate of drug-likeness (QED) is 0.908. The van der Waals surface area contributed by atoms with Crippen LogP contribution in [0, 0.1) is 5.92 Å². The Balaban J connectivity index is 2.63. The fourth-order valence-electron chi connectivity index (χ4n) is 1.82. The van der Waals surface area contributed by atoms with E-state index in [0.29, 0.717) is 23.9 Å². The molecule has 0 saturated carbocycles. The molecule has 1 aromatic carbocycles. The molecule has 7 heteroatoms. The van der Waals surface area contributed by atoms with Crippen LogP contribution >= 0.6 is 0 Å². The van der Waals surface area contributed by atoms with Crippen molar-refractivity contribution in [2.24, 2.45) is 11.1 Å². The molecule has 0 spiro atoms. The fraction of sp³-hybridized carbons (Fsp3) is 0.333. The van der Waals surface area contributed by atoms with Gasteiger partial charge in [-0.25, -0.2) is 13.6 Å². The van der Waals surface area contributed by atoms with Crippen molar-refractivity contribution >= 4 is 10.0 Å². The van der Waals surface area contributed by atoms with E-state index in [0.717, 1.165) is 0 Å². The maximum absolute atomic E-state index is 11.6. The van der Waals surface area contributed by atoms with Crippen molar-refractivity contribution in [2.45, 2.75) is 25.4 Å². The van der Waals surface area contributed by atoms with E-state index < -0.39 is 10.0 Å². The van der Waals surface area contributed by atoms with Crippen molar-refractivity contribution in [3.63, 3.8) is 0 Å². The van der Waals surface area contributed by atoms with Gasteiger partial charge in [-0.05, 0) is 18.1 Å². The lowest BCUT2D eigenvalue weighted by Gasteiger charge is -2.10. The average molecular weight is 280 g/mol. The molecule has 2 rings (SSSR count). The summed E-state index contributed by atoms with van der Waals surface area (Å²) >= 11 is 0. The molecule has 0 aliphatic carbocycles. The Hall–Kier alpha value is -1.73. The summed E-state index contributed by atoms with van der Waals surface area (Å²) in [6.07, 6.45) is 0.622. The monoisotopic (exact) mass is 280 g/mol. The zero-order valence-electron chi connectivity index (χ0n) is 10.8. The highest BCUT2D eigenvalue weighted by molar-refractivity contribution is 7.89. The van der Waals surface area contributed by atoms with Gasteiger partial charge in [0.15, 0.2) is 0 Å². The largest absolute Gasteiger partial charge is 0.274 e. The fourth-order valence-corrected chi connectivity index (χ4v) is 2.44. The van der Waals surface area contributed by atoms with E-state index in [4.69, 9.17) is 5.14 Å². The first-order chi connectivity index (χ1) is 8.89. The maximum atomic E-state index is 11.6. The molecule has 0 aliphatic rings. The van der Waals surface area contributed by atoms with E-state index in [2.05, 4.69) is 10.2 Å². The molecule has 2 aromatic rings. The molecule has 2 N–H and O–H groups in total. The van der Waals surface area contributed by atoms with Crippen molar-refractivity contribution in [1.82, 2.24) is 14.8 Å². The van der Waals surface area contributed by atoms with E-state index in [1.165, 1.54) is 4.57 Å². The number of aromatic nitrogens is 3. The van der Waals surface area contributed by atoms with Crippen LogP contribution in [0.2, 0.25) is 0 Å². The van der Waals surface area contributed by atoms with E-state index in [1.54, 1.807) is 12.1 Å². The molecule has 0 aliphatic heterocycles. The predicted octanol–water partition coefficient (Wildman–Crippen LogP) is 1.11.